The molecule has 2 saturated heterocycles. The second kappa shape index (κ2) is 7.39. The molecular formula is C21H29N3O2. The van der Waals surface area contributed by atoms with Crippen molar-refractivity contribution in [3.8, 4) is 0 Å². The normalized spacial score (nSPS) is 27.2. The summed E-state index contributed by atoms with van der Waals surface area (Å²) in [6.45, 7) is 3.48. The molecule has 0 bridgehead atoms. The standard InChI is InChI=1S/C21H29N3O2/c25-19(16-6-2-1-3-7-16)23-15-17-8-4-5-13-24(17)20(26)18-14-21(18)9-11-22-12-10-21/h1-3,6-7,17-18,22H,4-5,8-15H2,(H,23,25). The fraction of sp³-hybridized carbons (Fsp3) is 0.619. The Morgan fingerprint density at radius 2 is 1.92 bits per heavy atom. The second-order valence-corrected chi connectivity index (χ2v) is 8.13. The van der Waals surface area contributed by atoms with Crippen molar-refractivity contribution in [2.24, 2.45) is 11.3 Å². The van der Waals surface area contributed by atoms with Gasteiger partial charge in [0.25, 0.3) is 5.91 Å². The summed E-state index contributed by atoms with van der Waals surface area (Å²) in [5.74, 6) is 0.505. The topological polar surface area (TPSA) is 61.4 Å². The third-order valence-corrected chi connectivity index (χ3v) is 6.53. The quantitative estimate of drug-likeness (QED) is 0.870. The molecule has 2 N–H and O–H groups in total. The number of rotatable bonds is 4. The van der Waals surface area contributed by atoms with Crippen molar-refractivity contribution in [2.45, 2.75) is 44.6 Å². The summed E-state index contributed by atoms with van der Waals surface area (Å²) in [4.78, 5) is 27.6. The number of amides is 2. The van der Waals surface area contributed by atoms with Gasteiger partial charge in [-0.15, -0.1) is 0 Å². The molecule has 140 valence electrons. The molecule has 2 unspecified atom stereocenters. The molecule has 1 aromatic carbocycles. The third kappa shape index (κ3) is 3.50. The molecular weight excluding hydrogens is 326 g/mol. The van der Waals surface area contributed by atoms with E-state index in [0.717, 1.165) is 58.2 Å². The van der Waals surface area contributed by atoms with Crippen LogP contribution in [-0.4, -0.2) is 48.9 Å². The van der Waals surface area contributed by atoms with Crippen LogP contribution in [0, 0.1) is 11.3 Å². The molecule has 2 aliphatic heterocycles. The van der Waals surface area contributed by atoms with E-state index in [1.807, 2.05) is 30.3 Å². The molecule has 1 aliphatic carbocycles. The fourth-order valence-electron chi connectivity index (χ4n) is 4.78. The van der Waals surface area contributed by atoms with Crippen molar-refractivity contribution in [2.75, 3.05) is 26.2 Å². The van der Waals surface area contributed by atoms with Crippen molar-refractivity contribution in [3.05, 3.63) is 35.9 Å². The van der Waals surface area contributed by atoms with Crippen LogP contribution in [0.25, 0.3) is 0 Å². The number of nitrogens with zero attached hydrogens (tertiary/aromatic N) is 1. The lowest BCUT2D eigenvalue weighted by molar-refractivity contribution is -0.137. The minimum absolute atomic E-state index is 0.0511. The zero-order valence-corrected chi connectivity index (χ0v) is 15.4. The Morgan fingerprint density at radius 1 is 1.15 bits per heavy atom. The molecule has 0 aromatic heterocycles. The van der Waals surface area contributed by atoms with Crippen LogP contribution in [0.5, 0.6) is 0 Å². The maximum absolute atomic E-state index is 13.2. The number of carbonyl (C=O) groups is 2. The first-order chi connectivity index (χ1) is 12.7. The molecule has 2 atom stereocenters. The first-order valence-electron chi connectivity index (χ1n) is 10.0. The highest BCUT2D eigenvalue weighted by Crippen LogP contribution is 2.59. The van der Waals surface area contributed by atoms with E-state index in [1.165, 1.54) is 0 Å². The minimum Gasteiger partial charge on any atom is -0.350 e. The summed E-state index contributed by atoms with van der Waals surface area (Å²) in [7, 11) is 0. The first-order valence-corrected chi connectivity index (χ1v) is 10.0. The van der Waals surface area contributed by atoms with Gasteiger partial charge in [0.1, 0.15) is 0 Å². The molecule has 2 heterocycles. The number of likely N-dealkylation sites (tertiary alicyclic amines) is 1. The highest BCUT2D eigenvalue weighted by molar-refractivity contribution is 5.94. The van der Waals surface area contributed by atoms with E-state index >= 15 is 0 Å². The van der Waals surface area contributed by atoms with Crippen LogP contribution >= 0.6 is 0 Å². The van der Waals surface area contributed by atoms with E-state index < -0.39 is 0 Å². The molecule has 0 radical (unpaired) electrons. The van der Waals surface area contributed by atoms with E-state index in [-0.39, 0.29) is 23.3 Å². The van der Waals surface area contributed by atoms with E-state index in [2.05, 4.69) is 15.5 Å². The first kappa shape index (κ1) is 17.5. The van der Waals surface area contributed by atoms with Crippen molar-refractivity contribution in [1.82, 2.24) is 15.5 Å². The number of hydrogen-bond acceptors (Lipinski definition) is 3. The Labute approximate surface area is 155 Å². The summed E-state index contributed by atoms with van der Waals surface area (Å²) in [6.07, 6.45) is 6.53. The highest BCUT2D eigenvalue weighted by atomic mass is 16.2. The van der Waals surface area contributed by atoms with Gasteiger partial charge in [0.2, 0.25) is 5.91 Å². The summed E-state index contributed by atoms with van der Waals surface area (Å²) < 4.78 is 0. The van der Waals surface area contributed by atoms with Gasteiger partial charge in [-0.1, -0.05) is 18.2 Å². The van der Waals surface area contributed by atoms with Crippen LogP contribution in [0.1, 0.15) is 48.9 Å². The average Bonchev–Trinajstić information content (AvgIpc) is 3.39. The predicted octanol–water partition coefficient (Wildman–Crippen LogP) is 2.19. The van der Waals surface area contributed by atoms with Gasteiger partial charge in [0.05, 0.1) is 0 Å². The lowest BCUT2D eigenvalue weighted by Gasteiger charge is -2.37. The Morgan fingerprint density at radius 3 is 2.69 bits per heavy atom. The Balaban J connectivity index is 1.36. The Kier molecular flexibility index (Phi) is 4.98. The molecule has 2 amide bonds. The molecule has 26 heavy (non-hydrogen) atoms. The summed E-state index contributed by atoms with van der Waals surface area (Å²) in [5.41, 5.74) is 0.953. The number of nitrogens with one attached hydrogen (secondary N) is 2. The molecule has 1 saturated carbocycles. The number of piperidine rings is 2. The molecule has 5 nitrogen and oxygen atoms in total. The lowest BCUT2D eigenvalue weighted by Crippen LogP contribution is -2.50. The maximum atomic E-state index is 13.2. The summed E-state index contributed by atoms with van der Waals surface area (Å²) in [5, 5.41) is 6.45. The van der Waals surface area contributed by atoms with Gasteiger partial charge in [-0.3, -0.25) is 9.59 Å². The molecule has 4 rings (SSSR count). The van der Waals surface area contributed by atoms with E-state index in [0.29, 0.717) is 18.0 Å². The third-order valence-electron chi connectivity index (χ3n) is 6.53. The average molecular weight is 355 g/mol. The minimum atomic E-state index is -0.0511. The van der Waals surface area contributed by atoms with Crippen LogP contribution in [0.15, 0.2) is 30.3 Å². The van der Waals surface area contributed by atoms with Crippen molar-refractivity contribution >= 4 is 11.8 Å². The lowest BCUT2D eigenvalue weighted by atomic mass is 9.91. The largest absolute Gasteiger partial charge is 0.350 e. The van der Waals surface area contributed by atoms with E-state index in [4.69, 9.17) is 0 Å². The van der Waals surface area contributed by atoms with Crippen LogP contribution in [0.2, 0.25) is 0 Å². The van der Waals surface area contributed by atoms with Crippen molar-refractivity contribution in [1.29, 1.82) is 0 Å². The van der Waals surface area contributed by atoms with Gasteiger partial charge in [-0.25, -0.2) is 0 Å². The van der Waals surface area contributed by atoms with Crippen LogP contribution in [0.3, 0.4) is 0 Å². The Bertz CT molecular complexity index is 654. The van der Waals surface area contributed by atoms with Crippen LogP contribution in [0.4, 0.5) is 0 Å². The summed E-state index contributed by atoms with van der Waals surface area (Å²) in [6, 6.07) is 9.44. The van der Waals surface area contributed by atoms with Gasteiger partial charge >= 0.3 is 0 Å². The predicted molar refractivity (Wildman–Crippen MR) is 101 cm³/mol. The van der Waals surface area contributed by atoms with Crippen molar-refractivity contribution in [3.63, 3.8) is 0 Å². The molecule has 3 fully saturated rings. The number of carbonyl (C=O) groups excluding carboxylic acids is 2. The fourth-order valence-corrected chi connectivity index (χ4v) is 4.78. The maximum Gasteiger partial charge on any atom is 0.251 e. The zero-order valence-electron chi connectivity index (χ0n) is 15.4. The van der Waals surface area contributed by atoms with Gasteiger partial charge < -0.3 is 15.5 Å². The smallest absolute Gasteiger partial charge is 0.251 e. The molecule has 5 heteroatoms. The molecule has 3 aliphatic rings. The van der Waals surface area contributed by atoms with Crippen LogP contribution < -0.4 is 10.6 Å². The monoisotopic (exact) mass is 355 g/mol. The summed E-state index contributed by atoms with van der Waals surface area (Å²) >= 11 is 0. The number of hydrogen-bond donors (Lipinski definition) is 2. The molecule has 1 aromatic rings. The van der Waals surface area contributed by atoms with E-state index in [9.17, 15) is 9.59 Å². The number of benzene rings is 1. The SMILES string of the molecule is O=C(NCC1CCCCN1C(=O)C1CC12CCNCC2)c1ccccc1. The van der Waals surface area contributed by atoms with Crippen LogP contribution in [-0.2, 0) is 4.79 Å². The zero-order chi connectivity index (χ0) is 18.0. The second-order valence-electron chi connectivity index (χ2n) is 8.13. The van der Waals surface area contributed by atoms with Gasteiger partial charge in [0, 0.05) is 30.6 Å². The molecule has 1 spiro atoms. The van der Waals surface area contributed by atoms with Crippen molar-refractivity contribution < 1.29 is 9.59 Å². The van der Waals surface area contributed by atoms with Gasteiger partial charge in [-0.2, -0.15) is 0 Å². The van der Waals surface area contributed by atoms with Gasteiger partial charge in [0.15, 0.2) is 0 Å². The van der Waals surface area contributed by atoms with Gasteiger partial charge in [-0.05, 0) is 69.2 Å². The Hall–Kier alpha value is -1.88. The van der Waals surface area contributed by atoms with E-state index in [1.54, 1.807) is 0 Å². The highest BCUT2D eigenvalue weighted by Gasteiger charge is 2.59.